The fraction of sp³-hybridized carbons (Fsp3) is 0.333. The van der Waals surface area contributed by atoms with Gasteiger partial charge in [-0.05, 0) is 38.1 Å². The van der Waals surface area contributed by atoms with Crippen molar-refractivity contribution in [2.75, 3.05) is 18.4 Å². The Labute approximate surface area is 128 Å². The van der Waals surface area contributed by atoms with Gasteiger partial charge in [0.05, 0.1) is 10.7 Å². The Hall–Kier alpha value is -1.85. The molecule has 2 heterocycles. The van der Waals surface area contributed by atoms with Crippen LogP contribution in [-0.4, -0.2) is 28.8 Å². The van der Waals surface area contributed by atoms with Gasteiger partial charge in [0.1, 0.15) is 0 Å². The highest BCUT2D eigenvalue weighted by Crippen LogP contribution is 2.20. The Morgan fingerprint density at radius 2 is 2.05 bits per heavy atom. The molecular formula is C15H17ClN4O. The van der Waals surface area contributed by atoms with Gasteiger partial charge in [-0.15, -0.1) is 0 Å². The molecule has 0 spiro atoms. The number of amides is 1. The minimum Gasteiger partial charge on any atom is -0.317 e. The van der Waals surface area contributed by atoms with Crippen molar-refractivity contribution in [1.82, 2.24) is 15.1 Å². The zero-order chi connectivity index (χ0) is 14.7. The molecule has 1 aliphatic rings. The molecular weight excluding hydrogens is 288 g/mol. The van der Waals surface area contributed by atoms with E-state index < -0.39 is 0 Å². The van der Waals surface area contributed by atoms with Gasteiger partial charge in [0.25, 0.3) is 0 Å². The second kappa shape index (κ2) is 6.28. The van der Waals surface area contributed by atoms with Crippen LogP contribution in [-0.2, 0) is 4.79 Å². The summed E-state index contributed by atoms with van der Waals surface area (Å²) in [7, 11) is 0. The third-order valence-electron chi connectivity index (χ3n) is 3.65. The van der Waals surface area contributed by atoms with Gasteiger partial charge in [0.2, 0.25) is 5.91 Å². The molecule has 110 valence electrons. The number of hydrogen-bond acceptors (Lipinski definition) is 3. The molecule has 0 unspecified atom stereocenters. The number of rotatable bonds is 3. The number of carbonyl (C=O) groups excluding carboxylic acids is 1. The van der Waals surface area contributed by atoms with Crippen LogP contribution in [0.4, 0.5) is 5.82 Å². The Kier molecular flexibility index (Phi) is 4.22. The van der Waals surface area contributed by atoms with Crippen molar-refractivity contribution in [3.63, 3.8) is 0 Å². The van der Waals surface area contributed by atoms with Gasteiger partial charge in [-0.25, -0.2) is 4.68 Å². The molecule has 0 aliphatic carbocycles. The fourth-order valence-corrected chi connectivity index (χ4v) is 2.70. The van der Waals surface area contributed by atoms with Crippen molar-refractivity contribution in [3.05, 3.63) is 41.6 Å². The van der Waals surface area contributed by atoms with Crippen molar-refractivity contribution in [2.45, 2.75) is 12.8 Å². The van der Waals surface area contributed by atoms with Gasteiger partial charge in [-0.1, -0.05) is 23.7 Å². The monoisotopic (exact) mass is 304 g/mol. The maximum Gasteiger partial charge on any atom is 0.228 e. The Morgan fingerprint density at radius 3 is 2.81 bits per heavy atom. The maximum atomic E-state index is 12.2. The van der Waals surface area contributed by atoms with Crippen molar-refractivity contribution >= 4 is 23.3 Å². The number of nitrogens with zero attached hydrogens (tertiary/aromatic N) is 2. The number of aromatic nitrogens is 2. The van der Waals surface area contributed by atoms with E-state index in [0.29, 0.717) is 10.8 Å². The molecule has 1 aliphatic heterocycles. The average molecular weight is 305 g/mol. The summed E-state index contributed by atoms with van der Waals surface area (Å²) in [5.41, 5.74) is 0.793. The standard InChI is InChI=1S/C15H17ClN4O/c16-12-3-1-2-4-13(12)20-10-7-14(19-20)18-15(21)11-5-8-17-9-6-11/h1-4,7,10-11,17H,5-6,8-9H2,(H,18,19,21). The van der Waals surface area contributed by atoms with E-state index in [-0.39, 0.29) is 11.8 Å². The minimum absolute atomic E-state index is 0.0425. The van der Waals surface area contributed by atoms with Crippen LogP contribution in [0.1, 0.15) is 12.8 Å². The lowest BCUT2D eigenvalue weighted by Gasteiger charge is -2.21. The predicted octanol–water partition coefficient (Wildman–Crippen LogP) is 2.46. The van der Waals surface area contributed by atoms with E-state index in [1.807, 2.05) is 24.3 Å². The second-order valence-corrected chi connectivity index (χ2v) is 5.52. The van der Waals surface area contributed by atoms with Crippen LogP contribution in [0.15, 0.2) is 36.5 Å². The predicted molar refractivity (Wildman–Crippen MR) is 82.8 cm³/mol. The van der Waals surface area contributed by atoms with E-state index in [0.717, 1.165) is 31.6 Å². The molecule has 0 saturated carbocycles. The van der Waals surface area contributed by atoms with Crippen molar-refractivity contribution < 1.29 is 4.79 Å². The summed E-state index contributed by atoms with van der Waals surface area (Å²) in [5.74, 6) is 0.663. The third-order valence-corrected chi connectivity index (χ3v) is 3.97. The van der Waals surface area contributed by atoms with E-state index in [1.54, 1.807) is 16.9 Å². The molecule has 6 heteroatoms. The van der Waals surface area contributed by atoms with Crippen molar-refractivity contribution in [1.29, 1.82) is 0 Å². The van der Waals surface area contributed by atoms with Gasteiger partial charge in [-0.2, -0.15) is 5.10 Å². The van der Waals surface area contributed by atoms with E-state index in [4.69, 9.17) is 11.6 Å². The van der Waals surface area contributed by atoms with Crippen LogP contribution in [0, 0.1) is 5.92 Å². The van der Waals surface area contributed by atoms with E-state index >= 15 is 0 Å². The minimum atomic E-state index is 0.0425. The lowest BCUT2D eigenvalue weighted by Crippen LogP contribution is -2.34. The fourth-order valence-electron chi connectivity index (χ4n) is 2.47. The van der Waals surface area contributed by atoms with Crippen LogP contribution in [0.2, 0.25) is 5.02 Å². The average Bonchev–Trinajstić information content (AvgIpc) is 2.97. The molecule has 3 rings (SSSR count). The first-order chi connectivity index (χ1) is 10.2. The number of nitrogens with one attached hydrogen (secondary N) is 2. The quantitative estimate of drug-likeness (QED) is 0.916. The topological polar surface area (TPSA) is 59.0 Å². The molecule has 0 atom stereocenters. The summed E-state index contributed by atoms with van der Waals surface area (Å²) in [6, 6.07) is 9.24. The zero-order valence-corrected chi connectivity index (χ0v) is 12.3. The Morgan fingerprint density at radius 1 is 1.29 bits per heavy atom. The summed E-state index contributed by atoms with van der Waals surface area (Å²) in [4.78, 5) is 12.2. The number of hydrogen-bond donors (Lipinski definition) is 2. The maximum absolute atomic E-state index is 12.2. The summed E-state index contributed by atoms with van der Waals surface area (Å²) < 4.78 is 1.67. The van der Waals surface area contributed by atoms with E-state index in [1.165, 1.54) is 0 Å². The SMILES string of the molecule is O=C(Nc1ccn(-c2ccccc2Cl)n1)C1CCNCC1. The van der Waals surface area contributed by atoms with Crippen molar-refractivity contribution in [2.24, 2.45) is 5.92 Å². The molecule has 1 aromatic heterocycles. The van der Waals surface area contributed by atoms with Gasteiger partial charge in [0.15, 0.2) is 5.82 Å². The molecule has 0 bridgehead atoms. The molecule has 21 heavy (non-hydrogen) atoms. The summed E-state index contributed by atoms with van der Waals surface area (Å²) >= 11 is 6.14. The second-order valence-electron chi connectivity index (χ2n) is 5.11. The summed E-state index contributed by atoms with van der Waals surface area (Å²) in [6.07, 6.45) is 3.54. The summed E-state index contributed by atoms with van der Waals surface area (Å²) in [6.45, 7) is 1.79. The summed E-state index contributed by atoms with van der Waals surface area (Å²) in [5, 5.41) is 11.1. The molecule has 1 amide bonds. The van der Waals surface area contributed by atoms with Crippen molar-refractivity contribution in [3.8, 4) is 5.69 Å². The van der Waals surface area contributed by atoms with Gasteiger partial charge in [-0.3, -0.25) is 4.79 Å². The van der Waals surface area contributed by atoms with Crippen LogP contribution in [0.3, 0.4) is 0 Å². The van der Waals surface area contributed by atoms with Crippen LogP contribution in [0.25, 0.3) is 5.69 Å². The number of halogens is 1. The molecule has 1 saturated heterocycles. The van der Waals surface area contributed by atoms with E-state index in [2.05, 4.69) is 15.7 Å². The lowest BCUT2D eigenvalue weighted by molar-refractivity contribution is -0.120. The first-order valence-corrected chi connectivity index (χ1v) is 7.44. The molecule has 0 radical (unpaired) electrons. The van der Waals surface area contributed by atoms with Gasteiger partial charge >= 0.3 is 0 Å². The number of para-hydroxylation sites is 1. The lowest BCUT2D eigenvalue weighted by atomic mass is 9.97. The number of anilines is 1. The smallest absolute Gasteiger partial charge is 0.228 e. The van der Waals surface area contributed by atoms with Gasteiger partial charge < -0.3 is 10.6 Å². The largest absolute Gasteiger partial charge is 0.317 e. The highest BCUT2D eigenvalue weighted by molar-refractivity contribution is 6.32. The first kappa shape index (κ1) is 14.1. The normalized spacial score (nSPS) is 15.9. The Balaban J connectivity index is 1.70. The van der Waals surface area contributed by atoms with Crippen LogP contribution < -0.4 is 10.6 Å². The Bertz CT molecular complexity index is 634. The molecule has 2 N–H and O–H groups in total. The van der Waals surface area contributed by atoms with Crippen LogP contribution in [0.5, 0.6) is 0 Å². The molecule has 1 fully saturated rings. The highest BCUT2D eigenvalue weighted by atomic mass is 35.5. The molecule has 2 aromatic rings. The first-order valence-electron chi connectivity index (χ1n) is 7.06. The van der Waals surface area contributed by atoms with Crippen LogP contribution >= 0.6 is 11.6 Å². The van der Waals surface area contributed by atoms with Gasteiger partial charge in [0, 0.05) is 18.2 Å². The van der Waals surface area contributed by atoms with E-state index in [9.17, 15) is 4.79 Å². The number of benzene rings is 1. The number of piperidine rings is 1. The highest BCUT2D eigenvalue weighted by Gasteiger charge is 2.21. The molecule has 5 nitrogen and oxygen atoms in total. The zero-order valence-electron chi connectivity index (χ0n) is 11.6. The number of carbonyl (C=O) groups is 1. The third kappa shape index (κ3) is 3.25. The molecule has 1 aromatic carbocycles.